The minimum atomic E-state index is -0.415. The number of nitrogens with two attached hydrogens (primary N) is 1. The van der Waals surface area contributed by atoms with Gasteiger partial charge in [-0.25, -0.2) is 19.1 Å². The van der Waals surface area contributed by atoms with Gasteiger partial charge in [0.1, 0.15) is 31.0 Å². The highest BCUT2D eigenvalue weighted by Gasteiger charge is 2.26. The lowest BCUT2D eigenvalue weighted by Crippen LogP contribution is -2.43. The number of fused-ring (bicyclic) bond motifs is 2. The minimum absolute atomic E-state index is 0.0550. The molecule has 4 aromatic rings. The summed E-state index contributed by atoms with van der Waals surface area (Å²) in [4.78, 5) is 34.7. The predicted octanol–water partition coefficient (Wildman–Crippen LogP) is 0.947. The van der Waals surface area contributed by atoms with E-state index in [0.29, 0.717) is 57.2 Å². The monoisotopic (exact) mass is 526 g/mol. The number of aryl methyl sites for hydroxylation is 1. The van der Waals surface area contributed by atoms with Crippen LogP contribution in [0.2, 0.25) is 0 Å². The third-order valence-corrected chi connectivity index (χ3v) is 5.98. The Balaban J connectivity index is 1.49. The molecule has 4 rings (SSSR count). The number of hydrogen-bond donors (Lipinski definition) is 3. The number of nitrogens with zero attached hydrogens (tertiary/aromatic N) is 4. The quantitative estimate of drug-likeness (QED) is 0.116. The number of aromatic nitrogens is 5. The predicted molar refractivity (Wildman–Crippen MR) is 137 cm³/mol. The van der Waals surface area contributed by atoms with E-state index in [0.717, 1.165) is 22.6 Å². The lowest BCUT2D eigenvalue weighted by Gasteiger charge is -2.08. The van der Waals surface area contributed by atoms with Crippen LogP contribution >= 0.6 is 0 Å². The van der Waals surface area contributed by atoms with Gasteiger partial charge in [-0.05, 0) is 25.1 Å². The van der Waals surface area contributed by atoms with Gasteiger partial charge in [0.2, 0.25) is 0 Å². The molecule has 4 N–H and O–H groups in total. The number of carbonyl (C=O) groups is 2. The summed E-state index contributed by atoms with van der Waals surface area (Å²) in [5.41, 5.74) is 9.13. The summed E-state index contributed by atoms with van der Waals surface area (Å²) in [6, 6.07) is 7.60. The SMILES string of the molecule is CCn1c(CNC(=O)c2nc3cc[nH]c3nc2N)[n+](CCOCCOCCOC=O)c2ccc(OC)cc21. The molecule has 0 spiro atoms. The van der Waals surface area contributed by atoms with Crippen molar-refractivity contribution in [1.29, 1.82) is 0 Å². The summed E-state index contributed by atoms with van der Waals surface area (Å²) in [6.07, 6.45) is 1.69. The molecule has 0 radical (unpaired) electrons. The van der Waals surface area contributed by atoms with Crippen molar-refractivity contribution >= 4 is 40.4 Å². The molecule has 0 saturated heterocycles. The van der Waals surface area contributed by atoms with Gasteiger partial charge in [-0.2, -0.15) is 0 Å². The summed E-state index contributed by atoms with van der Waals surface area (Å²) < 4.78 is 25.4. The third kappa shape index (κ3) is 6.01. The summed E-state index contributed by atoms with van der Waals surface area (Å²) in [7, 11) is 1.63. The van der Waals surface area contributed by atoms with Crippen molar-refractivity contribution in [2.45, 2.75) is 26.6 Å². The molecule has 0 bridgehead atoms. The van der Waals surface area contributed by atoms with Crippen LogP contribution in [-0.4, -0.2) is 72.0 Å². The first-order valence-corrected chi connectivity index (χ1v) is 12.3. The Bertz CT molecular complexity index is 1400. The molecule has 1 aromatic carbocycles. The third-order valence-electron chi connectivity index (χ3n) is 5.98. The fourth-order valence-corrected chi connectivity index (χ4v) is 4.22. The molecule has 13 nitrogen and oxygen atoms in total. The van der Waals surface area contributed by atoms with Crippen LogP contribution in [0.4, 0.5) is 5.82 Å². The van der Waals surface area contributed by atoms with Gasteiger partial charge in [0.25, 0.3) is 18.2 Å². The van der Waals surface area contributed by atoms with E-state index in [9.17, 15) is 9.59 Å². The van der Waals surface area contributed by atoms with Crippen LogP contribution < -0.4 is 20.4 Å². The Morgan fingerprint density at radius 1 is 1.16 bits per heavy atom. The Labute approximate surface area is 218 Å². The van der Waals surface area contributed by atoms with Gasteiger partial charge in [0.05, 0.1) is 40.1 Å². The zero-order valence-corrected chi connectivity index (χ0v) is 21.4. The number of carbonyl (C=O) groups excluding carboxylic acids is 2. The van der Waals surface area contributed by atoms with Gasteiger partial charge in [0.15, 0.2) is 28.2 Å². The summed E-state index contributed by atoms with van der Waals surface area (Å²) in [5.74, 6) is 1.26. The number of hydrogen-bond acceptors (Lipinski definition) is 9. The first-order chi connectivity index (χ1) is 18.6. The summed E-state index contributed by atoms with van der Waals surface area (Å²) >= 11 is 0. The zero-order valence-electron chi connectivity index (χ0n) is 21.4. The Morgan fingerprint density at radius 3 is 2.71 bits per heavy atom. The van der Waals surface area contributed by atoms with Crippen LogP contribution in [0.3, 0.4) is 0 Å². The van der Waals surface area contributed by atoms with E-state index in [1.807, 2.05) is 25.1 Å². The minimum Gasteiger partial charge on any atom is -0.497 e. The lowest BCUT2D eigenvalue weighted by atomic mass is 10.3. The smallest absolute Gasteiger partial charge is 0.293 e. The highest BCUT2D eigenvalue weighted by atomic mass is 16.6. The van der Waals surface area contributed by atoms with E-state index in [-0.39, 0.29) is 24.7 Å². The van der Waals surface area contributed by atoms with E-state index >= 15 is 0 Å². The second kappa shape index (κ2) is 12.8. The molecule has 38 heavy (non-hydrogen) atoms. The van der Waals surface area contributed by atoms with Gasteiger partial charge >= 0.3 is 0 Å². The van der Waals surface area contributed by atoms with Crippen LogP contribution in [-0.2, 0) is 38.6 Å². The highest BCUT2D eigenvalue weighted by molar-refractivity contribution is 5.98. The zero-order chi connectivity index (χ0) is 26.9. The molecule has 0 aliphatic rings. The van der Waals surface area contributed by atoms with Gasteiger partial charge in [-0.1, -0.05) is 0 Å². The number of rotatable bonds is 15. The fraction of sp³-hybridized carbons (Fsp3) is 0.400. The maximum absolute atomic E-state index is 13.0. The number of anilines is 1. The second-order valence-electron chi connectivity index (χ2n) is 8.21. The van der Waals surface area contributed by atoms with Gasteiger partial charge < -0.3 is 35.0 Å². The number of nitrogen functional groups attached to an aromatic ring is 1. The van der Waals surface area contributed by atoms with E-state index < -0.39 is 5.91 Å². The summed E-state index contributed by atoms with van der Waals surface area (Å²) in [5, 5.41) is 2.95. The molecule has 3 aromatic heterocycles. The molecule has 0 saturated carbocycles. The molecule has 1 amide bonds. The number of H-pyrrole nitrogens is 1. The molecule has 0 fully saturated rings. The van der Waals surface area contributed by atoms with Crippen LogP contribution in [0, 0.1) is 0 Å². The van der Waals surface area contributed by atoms with Gasteiger partial charge in [-0.3, -0.25) is 9.59 Å². The molecule has 0 atom stereocenters. The van der Waals surface area contributed by atoms with Gasteiger partial charge in [-0.15, -0.1) is 0 Å². The largest absolute Gasteiger partial charge is 0.497 e. The first-order valence-electron chi connectivity index (χ1n) is 12.3. The Kier molecular flexibility index (Phi) is 9.06. The molecule has 13 heteroatoms. The molecular formula is C25H32N7O6+. The van der Waals surface area contributed by atoms with Crippen molar-refractivity contribution in [3.63, 3.8) is 0 Å². The highest BCUT2D eigenvalue weighted by Crippen LogP contribution is 2.21. The maximum Gasteiger partial charge on any atom is 0.293 e. The van der Waals surface area contributed by atoms with Crippen molar-refractivity contribution in [3.05, 3.63) is 42.0 Å². The van der Waals surface area contributed by atoms with Crippen LogP contribution in [0.15, 0.2) is 30.5 Å². The average Bonchev–Trinajstić information content (AvgIpc) is 3.50. The number of imidazole rings is 1. The number of methoxy groups -OCH3 is 1. The maximum atomic E-state index is 13.0. The van der Waals surface area contributed by atoms with E-state index in [2.05, 4.69) is 34.1 Å². The summed E-state index contributed by atoms with van der Waals surface area (Å²) in [6.45, 7) is 5.63. The van der Waals surface area contributed by atoms with Crippen molar-refractivity contribution in [2.75, 3.05) is 45.9 Å². The van der Waals surface area contributed by atoms with Crippen LogP contribution in [0.1, 0.15) is 23.2 Å². The van der Waals surface area contributed by atoms with Crippen LogP contribution in [0.25, 0.3) is 22.2 Å². The topological polar surface area (TPSA) is 159 Å². The van der Waals surface area contributed by atoms with Crippen molar-refractivity contribution in [1.82, 2.24) is 24.8 Å². The van der Waals surface area contributed by atoms with Crippen molar-refractivity contribution in [3.8, 4) is 5.75 Å². The van der Waals surface area contributed by atoms with Crippen molar-refractivity contribution in [2.24, 2.45) is 0 Å². The van der Waals surface area contributed by atoms with Crippen LogP contribution in [0.5, 0.6) is 5.75 Å². The molecule has 3 heterocycles. The lowest BCUT2D eigenvalue weighted by molar-refractivity contribution is -0.681. The Hall–Kier alpha value is -4.23. The second-order valence-corrected chi connectivity index (χ2v) is 8.21. The number of ether oxygens (including phenoxy) is 4. The van der Waals surface area contributed by atoms with Gasteiger partial charge in [0, 0.05) is 12.3 Å². The number of amides is 1. The fourth-order valence-electron chi connectivity index (χ4n) is 4.22. The standard InChI is InChI=1S/C25H31N7O6/c1-3-31-20-14-17(35-2)4-5-19(20)32(8-9-36-10-11-37-12-13-38-16-33)21(31)15-28-25(34)22-23(26)30-24-18(29-22)6-7-27-24/h4-7,14,16H,3,8-13,15H2,1-2H3,(H3-,26,27,28,29,30,34)/p+1. The normalized spacial score (nSPS) is 11.2. The number of nitrogens with one attached hydrogen (secondary N) is 2. The average molecular weight is 527 g/mol. The first kappa shape index (κ1) is 26.8. The molecule has 0 unspecified atom stereocenters. The molecule has 0 aliphatic heterocycles. The van der Waals surface area contributed by atoms with E-state index in [4.69, 9.17) is 19.9 Å². The molecular weight excluding hydrogens is 494 g/mol. The van der Waals surface area contributed by atoms with Crippen molar-refractivity contribution < 1.29 is 33.1 Å². The molecule has 0 aliphatic carbocycles. The number of benzene rings is 1. The number of aromatic amines is 1. The van der Waals surface area contributed by atoms with E-state index in [1.54, 1.807) is 19.4 Å². The Morgan fingerprint density at radius 2 is 1.95 bits per heavy atom. The van der Waals surface area contributed by atoms with E-state index in [1.165, 1.54) is 0 Å². The molecule has 202 valence electrons.